The minimum Gasteiger partial charge on any atom is -0.466 e. The first kappa shape index (κ1) is 17.8. The Morgan fingerprint density at radius 1 is 1.24 bits per heavy atom. The van der Waals surface area contributed by atoms with Gasteiger partial charge in [0.2, 0.25) is 0 Å². The number of unbranched alkanes of at least 4 members (excludes halogenated alkanes) is 3. The SMILES string of the molecule is CCOC(=O)CCCCCCN=C(N)N1CCC(C)CC1. The maximum atomic E-state index is 11.2. The average Bonchev–Trinajstić information content (AvgIpc) is 2.47. The highest BCUT2D eigenvalue weighted by Crippen LogP contribution is 2.15. The van der Waals surface area contributed by atoms with Crippen molar-refractivity contribution in [2.45, 2.75) is 58.8 Å². The predicted octanol–water partition coefficient (Wildman–Crippen LogP) is 2.55. The third-order valence-corrected chi connectivity index (χ3v) is 3.98. The van der Waals surface area contributed by atoms with E-state index in [0.29, 0.717) is 19.0 Å². The van der Waals surface area contributed by atoms with Crippen LogP contribution < -0.4 is 5.73 Å². The normalized spacial score (nSPS) is 17.0. The van der Waals surface area contributed by atoms with E-state index >= 15 is 0 Å². The van der Waals surface area contributed by atoms with Crippen molar-refractivity contribution in [3.63, 3.8) is 0 Å². The van der Waals surface area contributed by atoms with Gasteiger partial charge in [-0.2, -0.15) is 0 Å². The zero-order valence-corrected chi connectivity index (χ0v) is 13.6. The number of aliphatic imine (C=N–C) groups is 1. The van der Waals surface area contributed by atoms with Crippen LogP contribution in [0.25, 0.3) is 0 Å². The second kappa shape index (κ2) is 10.5. The van der Waals surface area contributed by atoms with Gasteiger partial charge in [0.05, 0.1) is 6.61 Å². The Balaban J connectivity index is 2.02. The zero-order valence-electron chi connectivity index (χ0n) is 13.6. The van der Waals surface area contributed by atoms with E-state index in [4.69, 9.17) is 10.5 Å². The molecule has 122 valence electrons. The van der Waals surface area contributed by atoms with Crippen molar-refractivity contribution in [1.29, 1.82) is 0 Å². The maximum absolute atomic E-state index is 11.2. The van der Waals surface area contributed by atoms with Gasteiger partial charge in [0.25, 0.3) is 0 Å². The van der Waals surface area contributed by atoms with E-state index < -0.39 is 0 Å². The summed E-state index contributed by atoms with van der Waals surface area (Å²) in [5, 5.41) is 0. The lowest BCUT2D eigenvalue weighted by Gasteiger charge is -2.31. The Morgan fingerprint density at radius 2 is 1.90 bits per heavy atom. The molecule has 1 rings (SSSR count). The molecule has 1 aliphatic heterocycles. The van der Waals surface area contributed by atoms with Gasteiger partial charge < -0.3 is 15.4 Å². The molecule has 0 aromatic rings. The second-order valence-electron chi connectivity index (χ2n) is 5.88. The molecule has 1 saturated heterocycles. The number of nitrogens with two attached hydrogens (primary N) is 1. The van der Waals surface area contributed by atoms with Crippen molar-refractivity contribution >= 4 is 11.9 Å². The summed E-state index contributed by atoms with van der Waals surface area (Å²) in [5.41, 5.74) is 6.02. The Bertz CT molecular complexity index is 323. The lowest BCUT2D eigenvalue weighted by molar-refractivity contribution is -0.143. The number of esters is 1. The van der Waals surface area contributed by atoms with E-state index in [0.717, 1.165) is 51.2 Å². The van der Waals surface area contributed by atoms with Crippen molar-refractivity contribution in [2.75, 3.05) is 26.2 Å². The first-order valence-corrected chi connectivity index (χ1v) is 8.34. The van der Waals surface area contributed by atoms with E-state index in [1.54, 1.807) is 0 Å². The van der Waals surface area contributed by atoms with Crippen LogP contribution in [0.5, 0.6) is 0 Å². The predicted molar refractivity (Wildman–Crippen MR) is 86.2 cm³/mol. The summed E-state index contributed by atoms with van der Waals surface area (Å²) in [5.74, 6) is 1.43. The summed E-state index contributed by atoms with van der Waals surface area (Å²) < 4.78 is 4.89. The highest BCUT2D eigenvalue weighted by atomic mass is 16.5. The molecule has 1 heterocycles. The van der Waals surface area contributed by atoms with Crippen LogP contribution in [0, 0.1) is 5.92 Å². The molecule has 0 amide bonds. The van der Waals surface area contributed by atoms with E-state index in [2.05, 4.69) is 16.8 Å². The highest BCUT2D eigenvalue weighted by molar-refractivity contribution is 5.78. The first-order chi connectivity index (χ1) is 10.1. The van der Waals surface area contributed by atoms with Gasteiger partial charge in [-0.05, 0) is 38.5 Å². The van der Waals surface area contributed by atoms with Crippen LogP contribution in [0.4, 0.5) is 0 Å². The number of hydrogen-bond acceptors (Lipinski definition) is 3. The molecule has 21 heavy (non-hydrogen) atoms. The van der Waals surface area contributed by atoms with E-state index in [-0.39, 0.29) is 5.97 Å². The van der Waals surface area contributed by atoms with Gasteiger partial charge in [0, 0.05) is 26.1 Å². The number of piperidine rings is 1. The number of carbonyl (C=O) groups is 1. The number of carbonyl (C=O) groups excluding carboxylic acids is 1. The quantitative estimate of drug-likeness (QED) is 0.323. The molecular formula is C16H31N3O2. The highest BCUT2D eigenvalue weighted by Gasteiger charge is 2.16. The summed E-state index contributed by atoms with van der Waals surface area (Å²) in [6, 6.07) is 0. The smallest absolute Gasteiger partial charge is 0.305 e. The van der Waals surface area contributed by atoms with Crippen LogP contribution in [0.1, 0.15) is 58.8 Å². The summed E-state index contributed by atoms with van der Waals surface area (Å²) >= 11 is 0. The summed E-state index contributed by atoms with van der Waals surface area (Å²) in [6.45, 7) is 7.47. The zero-order chi connectivity index (χ0) is 15.5. The molecule has 0 atom stereocenters. The van der Waals surface area contributed by atoms with E-state index in [1.807, 2.05) is 6.92 Å². The van der Waals surface area contributed by atoms with Gasteiger partial charge in [0.1, 0.15) is 0 Å². The molecule has 0 unspecified atom stereocenters. The van der Waals surface area contributed by atoms with Crippen molar-refractivity contribution in [3.8, 4) is 0 Å². The first-order valence-electron chi connectivity index (χ1n) is 8.34. The fourth-order valence-corrected chi connectivity index (χ4v) is 2.50. The van der Waals surface area contributed by atoms with Crippen molar-refractivity contribution in [2.24, 2.45) is 16.6 Å². The third kappa shape index (κ3) is 7.93. The van der Waals surface area contributed by atoms with Crippen LogP contribution >= 0.6 is 0 Å². The number of guanidine groups is 1. The molecule has 5 heteroatoms. The van der Waals surface area contributed by atoms with Crippen LogP contribution in [-0.2, 0) is 9.53 Å². The van der Waals surface area contributed by atoms with Crippen LogP contribution in [0.2, 0.25) is 0 Å². The maximum Gasteiger partial charge on any atom is 0.305 e. The number of rotatable bonds is 8. The lowest BCUT2D eigenvalue weighted by atomic mass is 10.00. The molecule has 0 bridgehead atoms. The second-order valence-corrected chi connectivity index (χ2v) is 5.88. The summed E-state index contributed by atoms with van der Waals surface area (Å²) in [7, 11) is 0. The molecule has 0 spiro atoms. The van der Waals surface area contributed by atoms with Gasteiger partial charge in [-0.15, -0.1) is 0 Å². The van der Waals surface area contributed by atoms with Crippen molar-refractivity contribution in [1.82, 2.24) is 4.90 Å². The van der Waals surface area contributed by atoms with Gasteiger partial charge in [-0.1, -0.05) is 19.8 Å². The third-order valence-electron chi connectivity index (χ3n) is 3.98. The molecule has 0 aliphatic carbocycles. The average molecular weight is 297 g/mol. The Labute approximate surface area is 128 Å². The minimum atomic E-state index is -0.0842. The number of likely N-dealkylation sites (tertiary alicyclic amines) is 1. The molecular weight excluding hydrogens is 266 g/mol. The standard InChI is InChI=1S/C16H31N3O2/c1-3-21-15(20)8-6-4-5-7-11-18-16(17)19-12-9-14(2)10-13-19/h14H,3-13H2,1-2H3,(H2,17,18). The van der Waals surface area contributed by atoms with Gasteiger partial charge in [0.15, 0.2) is 5.96 Å². The topological polar surface area (TPSA) is 67.9 Å². The van der Waals surface area contributed by atoms with Crippen LogP contribution in [0.3, 0.4) is 0 Å². The number of nitrogens with zero attached hydrogens (tertiary/aromatic N) is 2. The Morgan fingerprint density at radius 3 is 2.57 bits per heavy atom. The summed E-state index contributed by atoms with van der Waals surface area (Å²) in [4.78, 5) is 17.8. The monoisotopic (exact) mass is 297 g/mol. The largest absolute Gasteiger partial charge is 0.466 e. The molecule has 0 aromatic carbocycles. The van der Waals surface area contributed by atoms with E-state index in [9.17, 15) is 4.79 Å². The number of hydrogen-bond donors (Lipinski definition) is 1. The van der Waals surface area contributed by atoms with Crippen LogP contribution in [-0.4, -0.2) is 43.1 Å². The fourth-order valence-electron chi connectivity index (χ4n) is 2.50. The van der Waals surface area contributed by atoms with Gasteiger partial charge >= 0.3 is 5.97 Å². The molecule has 1 fully saturated rings. The minimum absolute atomic E-state index is 0.0842. The van der Waals surface area contributed by atoms with Crippen molar-refractivity contribution < 1.29 is 9.53 Å². The van der Waals surface area contributed by atoms with Crippen LogP contribution in [0.15, 0.2) is 4.99 Å². The lowest BCUT2D eigenvalue weighted by Crippen LogP contribution is -2.42. The molecule has 1 aliphatic rings. The molecule has 0 radical (unpaired) electrons. The van der Waals surface area contributed by atoms with E-state index in [1.165, 1.54) is 12.8 Å². The molecule has 0 saturated carbocycles. The fraction of sp³-hybridized carbons (Fsp3) is 0.875. The van der Waals surface area contributed by atoms with Gasteiger partial charge in [-0.3, -0.25) is 9.79 Å². The van der Waals surface area contributed by atoms with Gasteiger partial charge in [-0.25, -0.2) is 0 Å². The Hall–Kier alpha value is -1.26. The summed E-state index contributed by atoms with van der Waals surface area (Å²) in [6.07, 6.45) is 7.04. The Kier molecular flexibility index (Phi) is 8.87. The molecule has 0 aromatic heterocycles. The molecule has 5 nitrogen and oxygen atoms in total. The molecule has 2 N–H and O–H groups in total. The van der Waals surface area contributed by atoms with Crippen molar-refractivity contribution in [3.05, 3.63) is 0 Å². The number of ether oxygens (including phenoxy) is 1.